The average molecular weight is 281 g/mol. The molecular formula is C16H27NO3. The molecule has 0 bridgehead atoms. The molecule has 3 N–H and O–H groups in total. The predicted molar refractivity (Wildman–Crippen MR) is 81.1 cm³/mol. The molecule has 0 spiro atoms. The normalized spacial score (nSPS) is 14.0. The number of aliphatic hydroxyl groups excluding tert-OH is 2. The molecular weight excluding hydrogens is 254 g/mol. The Bertz CT molecular complexity index is 384. The summed E-state index contributed by atoms with van der Waals surface area (Å²) in [5.41, 5.74) is 0.712. The number of para-hydroxylation sites is 1. The van der Waals surface area contributed by atoms with E-state index in [2.05, 4.69) is 12.2 Å². The highest BCUT2D eigenvalue weighted by molar-refractivity contribution is 5.33. The SMILES string of the molecule is CCCNC(C)(CO)CCOc1ccccc1CCO. The average Bonchev–Trinajstić information content (AvgIpc) is 2.47. The van der Waals surface area contributed by atoms with E-state index in [0.29, 0.717) is 13.0 Å². The van der Waals surface area contributed by atoms with Crippen molar-refractivity contribution in [2.24, 2.45) is 0 Å². The van der Waals surface area contributed by atoms with E-state index in [0.717, 1.165) is 30.7 Å². The van der Waals surface area contributed by atoms with E-state index in [1.807, 2.05) is 31.2 Å². The molecule has 0 aliphatic rings. The van der Waals surface area contributed by atoms with E-state index in [9.17, 15) is 5.11 Å². The van der Waals surface area contributed by atoms with Gasteiger partial charge in [0.25, 0.3) is 0 Å². The topological polar surface area (TPSA) is 61.7 Å². The van der Waals surface area contributed by atoms with Gasteiger partial charge in [-0.15, -0.1) is 0 Å². The smallest absolute Gasteiger partial charge is 0.122 e. The van der Waals surface area contributed by atoms with Gasteiger partial charge < -0.3 is 20.3 Å². The Morgan fingerprint density at radius 2 is 2.00 bits per heavy atom. The monoisotopic (exact) mass is 281 g/mol. The molecule has 1 rings (SSSR count). The minimum Gasteiger partial charge on any atom is -0.493 e. The standard InChI is InChI=1S/C16H27NO3/c1-3-10-17-16(2,13-19)9-12-20-15-7-5-4-6-14(15)8-11-18/h4-7,17-19H,3,8-13H2,1-2H3. The van der Waals surface area contributed by atoms with Crippen LogP contribution in [0.15, 0.2) is 24.3 Å². The van der Waals surface area contributed by atoms with Crippen LogP contribution in [0.4, 0.5) is 0 Å². The summed E-state index contributed by atoms with van der Waals surface area (Å²) in [4.78, 5) is 0. The van der Waals surface area contributed by atoms with Crippen LogP contribution in [0.25, 0.3) is 0 Å². The molecule has 1 unspecified atom stereocenters. The van der Waals surface area contributed by atoms with Gasteiger partial charge in [0.15, 0.2) is 0 Å². The first-order valence-corrected chi connectivity index (χ1v) is 7.32. The van der Waals surface area contributed by atoms with Crippen LogP contribution in [0.5, 0.6) is 5.75 Å². The van der Waals surface area contributed by atoms with Crippen molar-refractivity contribution in [2.45, 2.75) is 38.6 Å². The van der Waals surface area contributed by atoms with Crippen molar-refractivity contribution in [3.63, 3.8) is 0 Å². The lowest BCUT2D eigenvalue weighted by atomic mass is 9.99. The van der Waals surface area contributed by atoms with Crippen LogP contribution in [0.2, 0.25) is 0 Å². The Morgan fingerprint density at radius 3 is 2.65 bits per heavy atom. The van der Waals surface area contributed by atoms with Crippen molar-refractivity contribution in [3.8, 4) is 5.75 Å². The second kappa shape index (κ2) is 8.95. The fourth-order valence-electron chi connectivity index (χ4n) is 2.01. The van der Waals surface area contributed by atoms with Gasteiger partial charge in [-0.2, -0.15) is 0 Å². The number of hydrogen-bond donors (Lipinski definition) is 3. The first-order chi connectivity index (χ1) is 9.65. The molecule has 114 valence electrons. The summed E-state index contributed by atoms with van der Waals surface area (Å²) < 4.78 is 5.80. The number of benzene rings is 1. The lowest BCUT2D eigenvalue weighted by Gasteiger charge is -2.29. The van der Waals surface area contributed by atoms with E-state index in [4.69, 9.17) is 9.84 Å². The third-order valence-corrected chi connectivity index (χ3v) is 3.42. The van der Waals surface area contributed by atoms with Crippen LogP contribution < -0.4 is 10.1 Å². The Hall–Kier alpha value is -1.10. The van der Waals surface area contributed by atoms with Crippen LogP contribution in [-0.4, -0.2) is 42.1 Å². The molecule has 0 heterocycles. The molecule has 0 saturated carbocycles. The van der Waals surface area contributed by atoms with Crippen molar-refractivity contribution in [3.05, 3.63) is 29.8 Å². The maximum atomic E-state index is 9.50. The molecule has 1 aromatic rings. The third-order valence-electron chi connectivity index (χ3n) is 3.42. The molecule has 0 amide bonds. The number of aliphatic hydroxyl groups is 2. The van der Waals surface area contributed by atoms with Gasteiger partial charge in [0.2, 0.25) is 0 Å². The largest absolute Gasteiger partial charge is 0.493 e. The van der Waals surface area contributed by atoms with E-state index in [1.165, 1.54) is 0 Å². The summed E-state index contributed by atoms with van der Waals surface area (Å²) in [6.07, 6.45) is 2.37. The molecule has 20 heavy (non-hydrogen) atoms. The summed E-state index contributed by atoms with van der Waals surface area (Å²) in [7, 11) is 0. The van der Waals surface area contributed by atoms with Gasteiger partial charge in [-0.05, 0) is 37.9 Å². The van der Waals surface area contributed by atoms with E-state index in [1.54, 1.807) is 0 Å². The summed E-state index contributed by atoms with van der Waals surface area (Å²) in [6, 6.07) is 7.75. The second-order valence-corrected chi connectivity index (χ2v) is 5.33. The Labute approximate surface area is 121 Å². The molecule has 0 aromatic heterocycles. The van der Waals surface area contributed by atoms with Crippen molar-refractivity contribution >= 4 is 0 Å². The lowest BCUT2D eigenvalue weighted by molar-refractivity contribution is 0.144. The van der Waals surface area contributed by atoms with Gasteiger partial charge in [-0.3, -0.25) is 0 Å². The van der Waals surface area contributed by atoms with E-state index < -0.39 is 0 Å². The van der Waals surface area contributed by atoms with Crippen LogP contribution >= 0.6 is 0 Å². The first kappa shape index (κ1) is 17.0. The van der Waals surface area contributed by atoms with Crippen molar-refractivity contribution < 1.29 is 14.9 Å². The zero-order chi connectivity index (χ0) is 14.8. The minimum atomic E-state index is -0.304. The number of ether oxygens (including phenoxy) is 1. The Balaban J connectivity index is 2.50. The van der Waals surface area contributed by atoms with Gasteiger partial charge in [0, 0.05) is 18.6 Å². The summed E-state index contributed by atoms with van der Waals surface area (Å²) in [5.74, 6) is 0.817. The Kier molecular flexibility index (Phi) is 7.59. The zero-order valence-corrected chi connectivity index (χ0v) is 12.6. The van der Waals surface area contributed by atoms with Gasteiger partial charge in [-0.25, -0.2) is 0 Å². The maximum Gasteiger partial charge on any atom is 0.122 e. The van der Waals surface area contributed by atoms with Crippen LogP contribution in [0.1, 0.15) is 32.3 Å². The quantitative estimate of drug-likeness (QED) is 0.611. The van der Waals surface area contributed by atoms with E-state index in [-0.39, 0.29) is 18.8 Å². The molecule has 4 nitrogen and oxygen atoms in total. The highest BCUT2D eigenvalue weighted by atomic mass is 16.5. The summed E-state index contributed by atoms with van der Waals surface area (Å²) in [5, 5.41) is 21.9. The molecule has 4 heteroatoms. The minimum absolute atomic E-state index is 0.0919. The second-order valence-electron chi connectivity index (χ2n) is 5.33. The van der Waals surface area contributed by atoms with Crippen molar-refractivity contribution in [1.82, 2.24) is 5.32 Å². The number of nitrogens with one attached hydrogen (secondary N) is 1. The molecule has 0 saturated heterocycles. The van der Waals surface area contributed by atoms with Gasteiger partial charge in [0.1, 0.15) is 5.75 Å². The molecule has 0 fully saturated rings. The number of hydrogen-bond acceptors (Lipinski definition) is 4. The van der Waals surface area contributed by atoms with Crippen LogP contribution in [0.3, 0.4) is 0 Å². The van der Waals surface area contributed by atoms with Gasteiger partial charge in [0.05, 0.1) is 13.2 Å². The summed E-state index contributed by atoms with van der Waals surface area (Å²) in [6.45, 7) is 5.74. The predicted octanol–water partition coefficient (Wildman–Crippen LogP) is 1.74. The fraction of sp³-hybridized carbons (Fsp3) is 0.625. The highest BCUT2D eigenvalue weighted by Crippen LogP contribution is 2.19. The molecule has 0 aliphatic carbocycles. The lowest BCUT2D eigenvalue weighted by Crippen LogP contribution is -2.47. The van der Waals surface area contributed by atoms with Crippen LogP contribution in [-0.2, 0) is 6.42 Å². The van der Waals surface area contributed by atoms with Gasteiger partial charge in [-0.1, -0.05) is 25.1 Å². The Morgan fingerprint density at radius 1 is 1.25 bits per heavy atom. The van der Waals surface area contributed by atoms with Crippen molar-refractivity contribution in [1.29, 1.82) is 0 Å². The van der Waals surface area contributed by atoms with E-state index >= 15 is 0 Å². The first-order valence-electron chi connectivity index (χ1n) is 7.32. The summed E-state index contributed by atoms with van der Waals surface area (Å²) >= 11 is 0. The fourth-order valence-corrected chi connectivity index (χ4v) is 2.01. The maximum absolute atomic E-state index is 9.50. The molecule has 0 aliphatic heterocycles. The van der Waals surface area contributed by atoms with Crippen LogP contribution in [0, 0.1) is 0 Å². The highest BCUT2D eigenvalue weighted by Gasteiger charge is 2.22. The zero-order valence-electron chi connectivity index (χ0n) is 12.6. The van der Waals surface area contributed by atoms with Gasteiger partial charge >= 0.3 is 0 Å². The molecule has 0 radical (unpaired) electrons. The number of rotatable bonds is 10. The molecule has 1 atom stereocenters. The third kappa shape index (κ3) is 5.49. The molecule has 1 aromatic carbocycles. The van der Waals surface area contributed by atoms with Crippen molar-refractivity contribution in [2.75, 3.05) is 26.4 Å².